The first-order valence-corrected chi connectivity index (χ1v) is 7.15. The molecule has 0 aromatic rings. The highest BCUT2D eigenvalue weighted by Gasteiger charge is 2.31. The van der Waals surface area contributed by atoms with E-state index in [-0.39, 0.29) is 6.42 Å². The molecular weight excluding hydrogens is 228 g/mol. The van der Waals surface area contributed by atoms with Crippen LogP contribution < -0.4 is 0 Å². The van der Waals surface area contributed by atoms with Gasteiger partial charge in [-0.2, -0.15) is 0 Å². The van der Waals surface area contributed by atoms with Crippen LogP contribution in [0.15, 0.2) is 12.7 Å². The highest BCUT2D eigenvalue weighted by Crippen LogP contribution is 2.07. The van der Waals surface area contributed by atoms with E-state index >= 15 is 0 Å². The van der Waals surface area contributed by atoms with Gasteiger partial charge in [-0.05, 0) is 12.5 Å². The summed E-state index contributed by atoms with van der Waals surface area (Å²) in [5, 5.41) is 0. The standard InChI is InChI=1S/C10H18O5Si/c1-5-9(11)10(12)7-6-8-15-16(4,13-2)14-3/h5H,1,6-8H2,2-4H3. The van der Waals surface area contributed by atoms with Crippen LogP contribution in [0.25, 0.3) is 0 Å². The van der Waals surface area contributed by atoms with Crippen molar-refractivity contribution in [1.29, 1.82) is 0 Å². The Hall–Kier alpha value is -0.823. The molecule has 0 fully saturated rings. The lowest BCUT2D eigenvalue weighted by molar-refractivity contribution is -0.134. The molecule has 0 rings (SSSR count). The van der Waals surface area contributed by atoms with E-state index in [4.69, 9.17) is 13.3 Å². The van der Waals surface area contributed by atoms with E-state index in [0.717, 1.165) is 6.08 Å². The Bertz CT molecular complexity index is 260. The normalized spacial score (nSPS) is 11.2. The minimum Gasteiger partial charge on any atom is -0.377 e. The van der Waals surface area contributed by atoms with E-state index in [2.05, 4.69) is 6.58 Å². The number of hydrogen-bond acceptors (Lipinski definition) is 5. The van der Waals surface area contributed by atoms with Gasteiger partial charge in [-0.15, -0.1) is 0 Å². The number of carbonyl (C=O) groups excluding carboxylic acids is 2. The van der Waals surface area contributed by atoms with Crippen molar-refractivity contribution in [3.63, 3.8) is 0 Å². The average Bonchev–Trinajstić information content (AvgIpc) is 2.32. The monoisotopic (exact) mass is 246 g/mol. The van der Waals surface area contributed by atoms with E-state index in [9.17, 15) is 9.59 Å². The molecule has 0 saturated carbocycles. The van der Waals surface area contributed by atoms with E-state index in [1.54, 1.807) is 6.55 Å². The van der Waals surface area contributed by atoms with Crippen molar-refractivity contribution in [2.45, 2.75) is 19.4 Å². The maximum atomic E-state index is 11.1. The molecule has 0 atom stereocenters. The molecule has 0 aliphatic heterocycles. The molecule has 0 aromatic carbocycles. The molecule has 92 valence electrons. The van der Waals surface area contributed by atoms with Gasteiger partial charge in [0.1, 0.15) is 0 Å². The Balaban J connectivity index is 3.80. The minimum atomic E-state index is -2.52. The molecular formula is C10H18O5Si. The van der Waals surface area contributed by atoms with Crippen LogP contribution >= 0.6 is 0 Å². The largest absolute Gasteiger partial charge is 0.497 e. The van der Waals surface area contributed by atoms with Gasteiger partial charge in [0.15, 0.2) is 0 Å². The molecule has 0 bridgehead atoms. The molecule has 5 nitrogen and oxygen atoms in total. The van der Waals surface area contributed by atoms with Crippen molar-refractivity contribution in [3.8, 4) is 0 Å². The third kappa shape index (κ3) is 5.31. The lowest BCUT2D eigenvalue weighted by atomic mass is 10.1. The van der Waals surface area contributed by atoms with Gasteiger partial charge in [0, 0.05) is 33.8 Å². The second-order valence-electron chi connectivity index (χ2n) is 3.21. The number of rotatable bonds is 9. The molecule has 0 aliphatic carbocycles. The number of hydrogen-bond donors (Lipinski definition) is 0. The highest BCUT2D eigenvalue weighted by atomic mass is 28.4. The zero-order chi connectivity index (χ0) is 12.6. The predicted octanol–water partition coefficient (Wildman–Crippen LogP) is 0.969. The summed E-state index contributed by atoms with van der Waals surface area (Å²) in [5.74, 6) is -1.00. The van der Waals surface area contributed by atoms with Crippen molar-refractivity contribution < 1.29 is 22.9 Å². The van der Waals surface area contributed by atoms with Crippen molar-refractivity contribution in [2.75, 3.05) is 20.8 Å². The second-order valence-corrected chi connectivity index (χ2v) is 6.04. The maximum absolute atomic E-state index is 11.1. The second kappa shape index (κ2) is 7.45. The lowest BCUT2D eigenvalue weighted by Crippen LogP contribution is -2.40. The zero-order valence-electron chi connectivity index (χ0n) is 9.95. The van der Waals surface area contributed by atoms with Crippen molar-refractivity contribution >= 4 is 20.4 Å². The first kappa shape index (κ1) is 15.2. The van der Waals surface area contributed by atoms with Gasteiger partial charge in [-0.25, -0.2) is 0 Å². The Labute approximate surface area is 96.7 Å². The quantitative estimate of drug-likeness (QED) is 0.262. The molecule has 0 spiro atoms. The van der Waals surface area contributed by atoms with Crippen LogP contribution in [-0.4, -0.2) is 41.2 Å². The minimum absolute atomic E-state index is 0.156. The van der Waals surface area contributed by atoms with Gasteiger partial charge in [0.05, 0.1) is 0 Å². The van der Waals surface area contributed by atoms with Crippen LogP contribution in [0.5, 0.6) is 0 Å². The van der Waals surface area contributed by atoms with E-state index in [1.165, 1.54) is 14.2 Å². The Kier molecular flexibility index (Phi) is 7.07. The summed E-state index contributed by atoms with van der Waals surface area (Å²) in [6, 6.07) is 0. The Morgan fingerprint density at radius 3 is 2.31 bits per heavy atom. The van der Waals surface area contributed by atoms with Crippen LogP contribution in [0.2, 0.25) is 6.55 Å². The van der Waals surface area contributed by atoms with Crippen LogP contribution in [0.3, 0.4) is 0 Å². The third-order valence-electron chi connectivity index (χ3n) is 2.11. The number of ketones is 2. The Morgan fingerprint density at radius 1 is 1.31 bits per heavy atom. The van der Waals surface area contributed by atoms with Crippen LogP contribution in [-0.2, 0) is 22.9 Å². The smallest absolute Gasteiger partial charge is 0.377 e. The molecule has 0 saturated heterocycles. The zero-order valence-corrected chi connectivity index (χ0v) is 10.9. The summed E-state index contributed by atoms with van der Waals surface area (Å²) < 4.78 is 15.6. The summed E-state index contributed by atoms with van der Waals surface area (Å²) in [5.41, 5.74) is 0. The van der Waals surface area contributed by atoms with Crippen molar-refractivity contribution in [3.05, 3.63) is 12.7 Å². The van der Waals surface area contributed by atoms with E-state index in [1.807, 2.05) is 0 Å². The number of allylic oxidation sites excluding steroid dienone is 1. The van der Waals surface area contributed by atoms with E-state index < -0.39 is 20.4 Å². The average molecular weight is 246 g/mol. The van der Waals surface area contributed by atoms with Crippen LogP contribution in [0, 0.1) is 0 Å². The number of carbonyl (C=O) groups is 2. The lowest BCUT2D eigenvalue weighted by Gasteiger charge is -2.21. The molecule has 0 amide bonds. The molecule has 0 radical (unpaired) electrons. The Morgan fingerprint density at radius 2 is 1.88 bits per heavy atom. The number of Topliss-reactive ketones (excluding diaryl/α,β-unsaturated/α-hetero) is 1. The summed E-state index contributed by atoms with van der Waals surface area (Å²) in [6.07, 6.45) is 1.64. The molecule has 16 heavy (non-hydrogen) atoms. The first-order valence-electron chi connectivity index (χ1n) is 4.93. The molecule has 6 heteroatoms. The van der Waals surface area contributed by atoms with E-state index in [0.29, 0.717) is 13.0 Å². The highest BCUT2D eigenvalue weighted by molar-refractivity contribution is 6.59. The van der Waals surface area contributed by atoms with Crippen LogP contribution in [0.4, 0.5) is 0 Å². The first-order chi connectivity index (χ1) is 7.49. The predicted molar refractivity (Wildman–Crippen MR) is 61.0 cm³/mol. The summed E-state index contributed by atoms with van der Waals surface area (Å²) in [7, 11) is 0.511. The maximum Gasteiger partial charge on any atom is 0.497 e. The molecule has 0 unspecified atom stereocenters. The van der Waals surface area contributed by atoms with Gasteiger partial charge in [-0.3, -0.25) is 9.59 Å². The molecule has 0 N–H and O–H groups in total. The topological polar surface area (TPSA) is 61.8 Å². The fourth-order valence-corrected chi connectivity index (χ4v) is 1.85. The molecule has 0 aromatic heterocycles. The third-order valence-corrected chi connectivity index (χ3v) is 4.33. The molecule has 0 heterocycles. The molecule has 0 aliphatic rings. The summed E-state index contributed by atoms with van der Waals surface area (Å²) in [6.45, 7) is 5.33. The summed E-state index contributed by atoms with van der Waals surface area (Å²) >= 11 is 0. The SMILES string of the molecule is C=CC(=O)C(=O)CCCO[Si](C)(OC)OC. The van der Waals surface area contributed by atoms with Gasteiger partial charge in [-0.1, -0.05) is 6.58 Å². The van der Waals surface area contributed by atoms with Gasteiger partial charge >= 0.3 is 8.80 Å². The van der Waals surface area contributed by atoms with Gasteiger partial charge in [0.2, 0.25) is 11.6 Å². The van der Waals surface area contributed by atoms with Gasteiger partial charge < -0.3 is 13.3 Å². The van der Waals surface area contributed by atoms with Crippen LogP contribution in [0.1, 0.15) is 12.8 Å². The summed E-state index contributed by atoms with van der Waals surface area (Å²) in [4.78, 5) is 22.0. The van der Waals surface area contributed by atoms with Gasteiger partial charge in [0.25, 0.3) is 0 Å². The van der Waals surface area contributed by atoms with Crippen molar-refractivity contribution in [2.24, 2.45) is 0 Å². The fraction of sp³-hybridized carbons (Fsp3) is 0.600. The fourth-order valence-electron chi connectivity index (χ4n) is 0.929. The van der Waals surface area contributed by atoms with Crippen molar-refractivity contribution in [1.82, 2.24) is 0 Å².